The van der Waals surface area contributed by atoms with Gasteiger partial charge in [-0.25, -0.2) is 4.57 Å². The smallest absolute Gasteiger partial charge is 0.169 e. The van der Waals surface area contributed by atoms with E-state index in [1.54, 1.807) is 0 Å². The van der Waals surface area contributed by atoms with E-state index in [-0.39, 0.29) is 48.0 Å². The molecule has 0 amide bonds. The van der Waals surface area contributed by atoms with Gasteiger partial charge in [0.15, 0.2) is 12.4 Å². The summed E-state index contributed by atoms with van der Waals surface area (Å²) in [6.45, 7) is 4.49. The molecule has 1 aliphatic heterocycles. The van der Waals surface area contributed by atoms with Crippen molar-refractivity contribution >= 4 is 17.3 Å². The minimum atomic E-state index is 0. The van der Waals surface area contributed by atoms with E-state index in [4.69, 9.17) is 0 Å². The van der Waals surface area contributed by atoms with Crippen LogP contribution in [0.25, 0.3) is 22.8 Å². The largest absolute Gasteiger partial charge is 1.00 e. The molecule has 1 aromatic heterocycles. The lowest BCUT2D eigenvalue weighted by Gasteiger charge is -2.40. The molecule has 0 spiro atoms. The van der Waals surface area contributed by atoms with Gasteiger partial charge >= 0.3 is 0 Å². The summed E-state index contributed by atoms with van der Waals surface area (Å²) in [5.41, 5.74) is 6.24. The molecule has 2 aromatic carbocycles. The molecular weight excluding hydrogens is 634 g/mol. The fraction of sp³-hybridized carbons (Fsp3) is 0.259. The van der Waals surface area contributed by atoms with Crippen molar-refractivity contribution in [3.63, 3.8) is 0 Å². The Morgan fingerprint density at radius 3 is 1.97 bits per heavy atom. The number of aromatic nitrogens is 1. The molecule has 0 atom stereocenters. The lowest BCUT2D eigenvalue weighted by atomic mass is 10.00. The molecule has 1 saturated heterocycles. The minimum Gasteiger partial charge on any atom is -1.00 e. The second-order valence-electron chi connectivity index (χ2n) is 8.96. The van der Waals surface area contributed by atoms with Crippen molar-refractivity contribution in [1.82, 2.24) is 0 Å². The molecule has 0 bridgehead atoms. The van der Waals surface area contributed by atoms with E-state index in [0.29, 0.717) is 5.57 Å². The molecule has 3 aromatic rings. The number of piperazine rings is 1. The van der Waals surface area contributed by atoms with Gasteiger partial charge in [0.1, 0.15) is 7.05 Å². The Bertz CT molecular complexity index is 1100. The van der Waals surface area contributed by atoms with Crippen LogP contribution in [0.1, 0.15) is 11.1 Å². The zero-order chi connectivity index (χ0) is 21.8. The Balaban J connectivity index is 0.00000193. The van der Waals surface area contributed by atoms with Crippen LogP contribution in [0, 0.1) is 11.3 Å². The molecule has 4 rings (SSSR count). The number of pyridine rings is 1. The summed E-state index contributed by atoms with van der Waals surface area (Å²) in [5, 5.41) is 9.73. The lowest BCUT2D eigenvalue weighted by Crippen LogP contribution is -3.00. The highest BCUT2D eigenvalue weighted by Gasteiger charge is 2.24. The number of rotatable bonds is 4. The SMILES string of the molecule is C[n+]1ccc(-c2ccc(/C(C#N)=C/c3ccc(N4CC[N+](C)(C)CC4)cc3)cc2)cc1.[I-].[I-]. The maximum Gasteiger partial charge on any atom is 0.169 e. The highest BCUT2D eigenvalue weighted by atomic mass is 127. The van der Waals surface area contributed by atoms with Crippen molar-refractivity contribution in [3.05, 3.63) is 84.2 Å². The third kappa shape index (κ3) is 7.01. The van der Waals surface area contributed by atoms with Crippen molar-refractivity contribution in [1.29, 1.82) is 5.26 Å². The van der Waals surface area contributed by atoms with Crippen LogP contribution in [0.4, 0.5) is 5.69 Å². The number of aryl methyl sites for hydroxylation is 1. The number of anilines is 1. The van der Waals surface area contributed by atoms with E-state index in [9.17, 15) is 5.26 Å². The molecule has 0 unspecified atom stereocenters. The fourth-order valence-corrected chi connectivity index (χ4v) is 3.93. The number of benzene rings is 2. The molecule has 1 aliphatic rings. The first-order valence-corrected chi connectivity index (χ1v) is 10.8. The van der Waals surface area contributed by atoms with Crippen LogP contribution in [0.15, 0.2) is 73.1 Å². The average Bonchev–Trinajstić information content (AvgIpc) is 2.79. The predicted octanol–water partition coefficient (Wildman–Crippen LogP) is -1.85. The molecule has 2 heterocycles. The fourth-order valence-electron chi connectivity index (χ4n) is 3.93. The zero-order valence-electron chi connectivity index (χ0n) is 19.4. The van der Waals surface area contributed by atoms with Crippen LogP contribution in [-0.2, 0) is 7.05 Å². The molecule has 1 fully saturated rings. The molecule has 4 nitrogen and oxygen atoms in total. The third-order valence-electron chi connectivity index (χ3n) is 6.15. The molecule has 33 heavy (non-hydrogen) atoms. The molecule has 0 aliphatic carbocycles. The number of hydrogen-bond acceptors (Lipinski definition) is 2. The van der Waals surface area contributed by atoms with Gasteiger partial charge in [-0.2, -0.15) is 5.26 Å². The van der Waals surface area contributed by atoms with Crippen LogP contribution in [-0.4, -0.2) is 44.8 Å². The first-order valence-electron chi connectivity index (χ1n) is 10.8. The van der Waals surface area contributed by atoms with Gasteiger partial charge in [-0.05, 0) is 40.5 Å². The molecule has 6 heteroatoms. The molecule has 0 saturated carbocycles. The second-order valence-corrected chi connectivity index (χ2v) is 8.96. The summed E-state index contributed by atoms with van der Waals surface area (Å²) in [4.78, 5) is 2.45. The quantitative estimate of drug-likeness (QED) is 0.108. The number of nitrogens with zero attached hydrogens (tertiary/aromatic N) is 4. The molecule has 0 N–H and O–H groups in total. The Kier molecular flexibility index (Phi) is 9.88. The molecular formula is C27H30I2N4. The molecule has 172 valence electrons. The van der Waals surface area contributed by atoms with Gasteiger partial charge in [-0.15, -0.1) is 0 Å². The summed E-state index contributed by atoms with van der Waals surface area (Å²) < 4.78 is 3.11. The highest BCUT2D eigenvalue weighted by Crippen LogP contribution is 2.24. The Morgan fingerprint density at radius 1 is 0.879 bits per heavy atom. The summed E-state index contributed by atoms with van der Waals surface area (Å²) in [6.07, 6.45) is 6.05. The van der Waals surface area contributed by atoms with E-state index in [1.807, 2.05) is 42.2 Å². The van der Waals surface area contributed by atoms with Crippen molar-refractivity contribution in [2.45, 2.75) is 0 Å². The van der Waals surface area contributed by atoms with Crippen LogP contribution in [0.2, 0.25) is 0 Å². The molecule has 0 radical (unpaired) electrons. The summed E-state index contributed by atoms with van der Waals surface area (Å²) in [5.74, 6) is 0. The Hall–Kier alpha value is -1.96. The van der Waals surface area contributed by atoms with Gasteiger partial charge < -0.3 is 57.3 Å². The first kappa shape index (κ1) is 27.3. The van der Waals surface area contributed by atoms with Crippen LogP contribution in [0.5, 0.6) is 0 Å². The lowest BCUT2D eigenvalue weighted by molar-refractivity contribution is -0.890. The van der Waals surface area contributed by atoms with Gasteiger partial charge in [-0.3, -0.25) is 0 Å². The maximum absolute atomic E-state index is 9.73. The standard InChI is InChI=1S/C27H30N4.2HI/c1-29-14-12-25(13-15-29)23-6-8-24(9-7-23)26(21-28)20-22-4-10-27(11-5-22)30-16-18-31(2,3)19-17-30;;/h4-15,20H,16-19H2,1-3H3;2*1H/q+2;;/p-2. The van der Waals surface area contributed by atoms with Gasteiger partial charge in [0.05, 0.1) is 51.9 Å². The Morgan fingerprint density at radius 2 is 1.42 bits per heavy atom. The first-order chi connectivity index (χ1) is 14.9. The van der Waals surface area contributed by atoms with Crippen molar-refractivity contribution < 1.29 is 57.0 Å². The predicted molar refractivity (Wildman–Crippen MR) is 127 cm³/mol. The van der Waals surface area contributed by atoms with E-state index in [1.165, 1.54) is 11.3 Å². The summed E-state index contributed by atoms with van der Waals surface area (Å²) in [6, 6.07) is 23.3. The highest BCUT2D eigenvalue weighted by molar-refractivity contribution is 5.90. The number of hydrogen-bond donors (Lipinski definition) is 0. The van der Waals surface area contributed by atoms with Gasteiger partial charge in [0.2, 0.25) is 0 Å². The van der Waals surface area contributed by atoms with E-state index >= 15 is 0 Å². The Labute approximate surface area is 231 Å². The average molecular weight is 664 g/mol. The van der Waals surface area contributed by atoms with Crippen LogP contribution < -0.4 is 57.4 Å². The number of halogens is 2. The normalized spacial score (nSPS) is 15.1. The van der Waals surface area contributed by atoms with E-state index in [0.717, 1.165) is 47.4 Å². The summed E-state index contributed by atoms with van der Waals surface area (Å²) in [7, 11) is 6.60. The third-order valence-corrected chi connectivity index (χ3v) is 6.15. The minimum absolute atomic E-state index is 0. The summed E-state index contributed by atoms with van der Waals surface area (Å²) >= 11 is 0. The van der Waals surface area contributed by atoms with Crippen molar-refractivity contribution in [2.75, 3.05) is 45.2 Å². The topological polar surface area (TPSA) is 30.9 Å². The van der Waals surface area contributed by atoms with Crippen LogP contribution in [0.3, 0.4) is 0 Å². The van der Waals surface area contributed by atoms with Crippen LogP contribution >= 0.6 is 0 Å². The maximum atomic E-state index is 9.73. The monoisotopic (exact) mass is 664 g/mol. The number of nitriles is 1. The number of quaternary nitrogens is 1. The zero-order valence-corrected chi connectivity index (χ0v) is 23.7. The number of allylic oxidation sites excluding steroid dienone is 1. The van der Waals surface area contributed by atoms with Crippen molar-refractivity contribution in [3.8, 4) is 17.2 Å². The second kappa shape index (κ2) is 12.0. The van der Waals surface area contributed by atoms with Crippen molar-refractivity contribution in [2.24, 2.45) is 7.05 Å². The number of likely N-dealkylation sites (N-methyl/N-ethyl adjacent to an activating group) is 1. The van der Waals surface area contributed by atoms with E-state index < -0.39 is 0 Å². The van der Waals surface area contributed by atoms with Gasteiger partial charge in [0.25, 0.3) is 0 Å². The van der Waals surface area contributed by atoms with Gasteiger partial charge in [-0.1, -0.05) is 36.4 Å². The van der Waals surface area contributed by atoms with Gasteiger partial charge in [0, 0.05) is 17.8 Å². The van der Waals surface area contributed by atoms with E-state index in [2.05, 4.69) is 73.6 Å².